The van der Waals surface area contributed by atoms with Gasteiger partial charge in [0, 0.05) is 44.3 Å². The number of piperidine rings is 3. The van der Waals surface area contributed by atoms with Crippen LogP contribution < -0.4 is 0 Å². The lowest BCUT2D eigenvalue weighted by molar-refractivity contribution is -0.143. The first kappa shape index (κ1) is 24.7. The van der Waals surface area contributed by atoms with E-state index < -0.39 is 0 Å². The molecule has 1 aromatic rings. The van der Waals surface area contributed by atoms with Crippen LogP contribution in [-0.2, 0) is 16.1 Å². The minimum atomic E-state index is 0.175. The van der Waals surface area contributed by atoms with Gasteiger partial charge in [-0.25, -0.2) is 0 Å². The summed E-state index contributed by atoms with van der Waals surface area (Å²) in [6.07, 6.45) is 11.9. The highest BCUT2D eigenvalue weighted by Crippen LogP contribution is 2.33. The maximum atomic E-state index is 13.7. The van der Waals surface area contributed by atoms with E-state index in [1.165, 1.54) is 6.42 Å². The Morgan fingerprint density at radius 3 is 2.23 bits per heavy atom. The monoisotopic (exact) mass is 481 g/mol. The standard InChI is InChI=1S/C28H43N5O2/c34-27(32-14-5-6-15-32)22-31-17-9-23(10-18-31)26-8-2-4-16-33(26)28(35)24-11-19-30(20-12-24)21-25-7-1-3-13-29-25/h1,3,7,13,23-24,26H,2,4-6,8-12,14-22H2/t26-/m1/s1. The van der Waals surface area contributed by atoms with Crippen molar-refractivity contribution in [2.75, 3.05) is 52.4 Å². The molecule has 35 heavy (non-hydrogen) atoms. The van der Waals surface area contributed by atoms with E-state index >= 15 is 0 Å². The van der Waals surface area contributed by atoms with E-state index in [4.69, 9.17) is 0 Å². The number of likely N-dealkylation sites (tertiary alicyclic amines) is 4. The van der Waals surface area contributed by atoms with Crippen molar-refractivity contribution in [2.45, 2.75) is 70.4 Å². The highest BCUT2D eigenvalue weighted by atomic mass is 16.2. The fourth-order valence-electron chi connectivity index (χ4n) is 6.77. The summed E-state index contributed by atoms with van der Waals surface area (Å²) < 4.78 is 0. The van der Waals surface area contributed by atoms with Crippen molar-refractivity contribution in [2.24, 2.45) is 11.8 Å². The Balaban J connectivity index is 1.10. The molecule has 0 spiro atoms. The van der Waals surface area contributed by atoms with Crippen LogP contribution in [0.5, 0.6) is 0 Å². The minimum Gasteiger partial charge on any atom is -0.342 e. The summed E-state index contributed by atoms with van der Waals surface area (Å²) >= 11 is 0. The predicted octanol–water partition coefficient (Wildman–Crippen LogP) is 3.01. The van der Waals surface area contributed by atoms with Gasteiger partial charge in [-0.2, -0.15) is 0 Å². The van der Waals surface area contributed by atoms with Gasteiger partial charge < -0.3 is 9.80 Å². The number of pyridine rings is 1. The first-order valence-corrected chi connectivity index (χ1v) is 14.1. The van der Waals surface area contributed by atoms with E-state index in [1.807, 2.05) is 23.2 Å². The fraction of sp³-hybridized carbons (Fsp3) is 0.750. The zero-order chi connectivity index (χ0) is 24.0. The van der Waals surface area contributed by atoms with Gasteiger partial charge in [0.1, 0.15) is 0 Å². The average molecular weight is 482 g/mol. The Morgan fingerprint density at radius 1 is 0.800 bits per heavy atom. The number of nitrogens with zero attached hydrogens (tertiary/aromatic N) is 5. The summed E-state index contributed by atoms with van der Waals surface area (Å²) in [6.45, 7) is 8.23. The second-order valence-corrected chi connectivity index (χ2v) is 11.2. The molecule has 5 heterocycles. The molecule has 0 aliphatic carbocycles. The van der Waals surface area contributed by atoms with Gasteiger partial charge in [0.05, 0.1) is 12.2 Å². The van der Waals surface area contributed by atoms with Gasteiger partial charge in [-0.15, -0.1) is 0 Å². The van der Waals surface area contributed by atoms with E-state index in [2.05, 4.69) is 25.8 Å². The van der Waals surface area contributed by atoms with E-state index in [0.29, 0.717) is 30.3 Å². The lowest BCUT2D eigenvalue weighted by atomic mass is 9.82. The van der Waals surface area contributed by atoms with Crippen LogP contribution in [0.2, 0.25) is 0 Å². The van der Waals surface area contributed by atoms with Crippen molar-refractivity contribution in [3.63, 3.8) is 0 Å². The topological polar surface area (TPSA) is 60.0 Å². The molecule has 0 unspecified atom stereocenters. The molecule has 192 valence electrons. The first-order chi connectivity index (χ1) is 17.2. The van der Waals surface area contributed by atoms with Gasteiger partial charge in [-0.1, -0.05) is 6.07 Å². The Labute approximate surface area is 210 Å². The zero-order valence-electron chi connectivity index (χ0n) is 21.3. The molecular weight excluding hydrogens is 438 g/mol. The molecule has 7 heteroatoms. The summed E-state index contributed by atoms with van der Waals surface area (Å²) in [5.74, 6) is 1.49. The molecule has 1 aromatic heterocycles. The maximum Gasteiger partial charge on any atom is 0.236 e. The van der Waals surface area contributed by atoms with E-state index in [-0.39, 0.29) is 5.92 Å². The number of hydrogen-bond acceptors (Lipinski definition) is 5. The second-order valence-electron chi connectivity index (χ2n) is 11.2. The molecule has 4 aliphatic rings. The van der Waals surface area contributed by atoms with Gasteiger partial charge in [0.15, 0.2) is 0 Å². The molecule has 0 aromatic carbocycles. The molecule has 5 rings (SSSR count). The number of carbonyl (C=O) groups excluding carboxylic acids is 2. The summed E-state index contributed by atoms with van der Waals surface area (Å²) in [7, 11) is 0. The Morgan fingerprint density at radius 2 is 1.51 bits per heavy atom. The predicted molar refractivity (Wildman–Crippen MR) is 137 cm³/mol. The molecule has 0 saturated carbocycles. The van der Waals surface area contributed by atoms with Gasteiger partial charge in [0.2, 0.25) is 11.8 Å². The van der Waals surface area contributed by atoms with Crippen LogP contribution in [0.4, 0.5) is 0 Å². The van der Waals surface area contributed by atoms with Crippen LogP contribution in [0.15, 0.2) is 24.4 Å². The molecule has 4 saturated heterocycles. The third kappa shape index (κ3) is 6.23. The number of amides is 2. The third-order valence-electron chi connectivity index (χ3n) is 8.87. The second kappa shape index (κ2) is 11.8. The van der Waals surface area contributed by atoms with E-state index in [9.17, 15) is 9.59 Å². The smallest absolute Gasteiger partial charge is 0.236 e. The molecule has 0 N–H and O–H groups in total. The quantitative estimate of drug-likeness (QED) is 0.625. The number of carbonyl (C=O) groups is 2. The van der Waals surface area contributed by atoms with Crippen molar-refractivity contribution in [3.8, 4) is 0 Å². The molecule has 2 amide bonds. The third-order valence-corrected chi connectivity index (χ3v) is 8.87. The van der Waals surface area contributed by atoms with Crippen molar-refractivity contribution in [1.82, 2.24) is 24.6 Å². The van der Waals surface area contributed by atoms with Crippen LogP contribution in [0.25, 0.3) is 0 Å². The summed E-state index contributed by atoms with van der Waals surface area (Å²) in [5, 5.41) is 0. The molecule has 4 aliphatic heterocycles. The van der Waals surface area contributed by atoms with Gasteiger partial charge in [-0.05, 0) is 102 Å². The van der Waals surface area contributed by atoms with E-state index in [0.717, 1.165) is 109 Å². The lowest BCUT2D eigenvalue weighted by Crippen LogP contribution is -2.53. The largest absolute Gasteiger partial charge is 0.342 e. The first-order valence-electron chi connectivity index (χ1n) is 14.1. The summed E-state index contributed by atoms with van der Waals surface area (Å²) in [4.78, 5) is 39.8. The SMILES string of the molecule is O=C(CN1CCC([C@H]2CCCCN2C(=O)C2CCN(Cc3ccccn3)CC2)CC1)N1CCCC1. The van der Waals surface area contributed by atoms with Crippen molar-refractivity contribution < 1.29 is 9.59 Å². The normalized spacial score (nSPS) is 25.8. The average Bonchev–Trinajstić information content (AvgIpc) is 3.45. The molecule has 7 nitrogen and oxygen atoms in total. The summed E-state index contributed by atoms with van der Waals surface area (Å²) in [5.41, 5.74) is 1.11. The van der Waals surface area contributed by atoms with Crippen LogP contribution in [-0.4, -0.2) is 94.8 Å². The Kier molecular flexibility index (Phi) is 8.35. The van der Waals surface area contributed by atoms with Crippen LogP contribution in [0, 0.1) is 11.8 Å². The molecule has 1 atom stereocenters. The zero-order valence-corrected chi connectivity index (χ0v) is 21.3. The highest BCUT2D eigenvalue weighted by Gasteiger charge is 2.38. The van der Waals surface area contributed by atoms with Gasteiger partial charge in [0.25, 0.3) is 0 Å². The Bertz CT molecular complexity index is 827. The van der Waals surface area contributed by atoms with Crippen molar-refractivity contribution >= 4 is 11.8 Å². The molecular formula is C28H43N5O2. The number of rotatable bonds is 6. The van der Waals surface area contributed by atoms with E-state index in [1.54, 1.807) is 0 Å². The molecule has 0 radical (unpaired) electrons. The number of hydrogen-bond donors (Lipinski definition) is 0. The van der Waals surface area contributed by atoms with Crippen molar-refractivity contribution in [1.29, 1.82) is 0 Å². The molecule has 0 bridgehead atoms. The van der Waals surface area contributed by atoms with Crippen molar-refractivity contribution in [3.05, 3.63) is 30.1 Å². The fourth-order valence-corrected chi connectivity index (χ4v) is 6.77. The van der Waals surface area contributed by atoms with Crippen LogP contribution in [0.3, 0.4) is 0 Å². The number of aromatic nitrogens is 1. The van der Waals surface area contributed by atoms with Gasteiger partial charge in [-0.3, -0.25) is 24.4 Å². The maximum absolute atomic E-state index is 13.7. The van der Waals surface area contributed by atoms with Gasteiger partial charge >= 0.3 is 0 Å². The minimum absolute atomic E-state index is 0.175. The Hall–Kier alpha value is -1.99. The summed E-state index contributed by atoms with van der Waals surface area (Å²) in [6, 6.07) is 6.49. The van der Waals surface area contributed by atoms with Crippen LogP contribution in [0.1, 0.15) is 63.5 Å². The highest BCUT2D eigenvalue weighted by molar-refractivity contribution is 5.79. The lowest BCUT2D eigenvalue weighted by Gasteiger charge is -2.45. The molecule has 4 fully saturated rings. The van der Waals surface area contributed by atoms with Crippen LogP contribution >= 0.6 is 0 Å².